The fraction of sp³-hybridized carbons (Fsp3) is 0.686. The summed E-state index contributed by atoms with van der Waals surface area (Å²) in [7, 11) is 0. The van der Waals surface area contributed by atoms with E-state index in [2.05, 4.69) is 5.32 Å². The smallest absolute Gasteiger partial charge is 0.323 e. The average Bonchev–Trinajstić information content (AvgIpc) is 3.02. The van der Waals surface area contributed by atoms with Gasteiger partial charge in [-0.1, -0.05) is 6.92 Å². The molecule has 0 spiro atoms. The Labute approximate surface area is 283 Å². The molecule has 0 bridgehead atoms. The number of fused-ring (bicyclic) bond motifs is 1. The van der Waals surface area contributed by atoms with Crippen molar-refractivity contribution < 1.29 is 42.9 Å². The van der Waals surface area contributed by atoms with E-state index in [-0.39, 0.29) is 61.3 Å². The van der Waals surface area contributed by atoms with E-state index in [1.54, 1.807) is 37.8 Å². The summed E-state index contributed by atoms with van der Waals surface area (Å²) in [6.45, 7) is 15.1. The van der Waals surface area contributed by atoms with E-state index in [0.717, 1.165) is 12.8 Å². The van der Waals surface area contributed by atoms with Crippen LogP contribution < -0.4 is 15.0 Å². The minimum Gasteiger partial charge on any atom is -0.476 e. The molecule has 0 saturated carbocycles. The third kappa shape index (κ3) is 9.04. The summed E-state index contributed by atoms with van der Waals surface area (Å²) in [4.78, 5) is 70.3. The maximum Gasteiger partial charge on any atom is 0.323 e. The van der Waals surface area contributed by atoms with Gasteiger partial charge in [0.05, 0.1) is 18.2 Å². The molecule has 266 valence electrons. The third-order valence-corrected chi connectivity index (χ3v) is 9.08. The van der Waals surface area contributed by atoms with Gasteiger partial charge >= 0.3 is 11.9 Å². The van der Waals surface area contributed by atoms with Crippen LogP contribution in [-0.4, -0.2) is 109 Å². The Kier molecular flexibility index (Phi) is 12.5. The lowest BCUT2D eigenvalue weighted by atomic mass is 9.97. The number of nitrogens with one attached hydrogen (secondary N) is 1. The van der Waals surface area contributed by atoms with Crippen LogP contribution in [0.3, 0.4) is 0 Å². The Morgan fingerprint density at radius 1 is 1.08 bits per heavy atom. The molecule has 1 aromatic rings. The van der Waals surface area contributed by atoms with Gasteiger partial charge in [-0.25, -0.2) is 0 Å². The van der Waals surface area contributed by atoms with Crippen molar-refractivity contribution in [2.24, 2.45) is 5.92 Å². The van der Waals surface area contributed by atoms with Crippen LogP contribution in [0.15, 0.2) is 12.1 Å². The first-order chi connectivity index (χ1) is 22.7. The van der Waals surface area contributed by atoms with E-state index in [4.69, 9.17) is 18.9 Å². The molecule has 0 aromatic heterocycles. The van der Waals surface area contributed by atoms with Crippen LogP contribution >= 0.6 is 0 Å². The number of esters is 2. The number of carbonyl (C=O) groups is 5. The van der Waals surface area contributed by atoms with Gasteiger partial charge in [-0.05, 0) is 84.5 Å². The molecular formula is C35H52N4O9. The van der Waals surface area contributed by atoms with Crippen LogP contribution in [0.1, 0.15) is 89.6 Å². The van der Waals surface area contributed by atoms with Crippen LogP contribution in [0, 0.1) is 12.8 Å². The predicted molar refractivity (Wildman–Crippen MR) is 177 cm³/mol. The first-order valence-corrected chi connectivity index (χ1v) is 17.2. The molecule has 0 radical (unpaired) electrons. The number of aryl methyl sites for hydroxylation is 1. The van der Waals surface area contributed by atoms with Gasteiger partial charge in [-0.15, -0.1) is 0 Å². The van der Waals surface area contributed by atoms with Gasteiger partial charge in [0.25, 0.3) is 11.8 Å². The van der Waals surface area contributed by atoms with Crippen molar-refractivity contribution in [1.82, 2.24) is 15.1 Å². The Hall–Kier alpha value is -3.71. The van der Waals surface area contributed by atoms with Crippen molar-refractivity contribution in [3.8, 4) is 5.75 Å². The van der Waals surface area contributed by atoms with E-state index in [9.17, 15) is 24.0 Å². The van der Waals surface area contributed by atoms with Crippen LogP contribution in [-0.2, 0) is 33.4 Å². The van der Waals surface area contributed by atoms with Gasteiger partial charge < -0.3 is 34.1 Å². The van der Waals surface area contributed by atoms with Crippen molar-refractivity contribution in [3.63, 3.8) is 0 Å². The molecule has 4 rings (SSSR count). The van der Waals surface area contributed by atoms with E-state index in [1.807, 2.05) is 30.6 Å². The Morgan fingerprint density at radius 3 is 2.46 bits per heavy atom. The Bertz CT molecular complexity index is 1360. The molecule has 1 N–H and O–H groups in total. The molecule has 2 saturated heterocycles. The van der Waals surface area contributed by atoms with E-state index in [0.29, 0.717) is 68.1 Å². The zero-order valence-electron chi connectivity index (χ0n) is 29.5. The van der Waals surface area contributed by atoms with Gasteiger partial charge in [0.1, 0.15) is 5.75 Å². The first kappa shape index (κ1) is 37.1. The summed E-state index contributed by atoms with van der Waals surface area (Å²) < 4.78 is 22.2. The molecule has 0 aliphatic carbocycles. The number of likely N-dealkylation sites (tertiary alicyclic amines) is 1. The quantitative estimate of drug-likeness (QED) is 0.260. The lowest BCUT2D eigenvalue weighted by molar-refractivity contribution is -0.189. The number of rotatable bonds is 12. The fourth-order valence-electron chi connectivity index (χ4n) is 6.59. The van der Waals surface area contributed by atoms with E-state index < -0.39 is 17.9 Å². The minimum absolute atomic E-state index is 0.00637. The van der Waals surface area contributed by atoms with E-state index >= 15 is 0 Å². The topological polar surface area (TPSA) is 144 Å². The molecule has 3 amide bonds. The summed E-state index contributed by atoms with van der Waals surface area (Å²) in [5, 5.41) is 2.82. The zero-order chi connectivity index (χ0) is 35.2. The van der Waals surface area contributed by atoms with Crippen molar-refractivity contribution in [1.29, 1.82) is 0 Å². The SMILES string of the molecule is CCC(=O)NCCN1C(=O)C(C)(C)Oc2cc(C)c(C(=O)N(C(C)C)[C@@H]3CCCN(CC(=O)OC(C)OC(=O)C4CCOCC4)C3)cc21. The largest absolute Gasteiger partial charge is 0.476 e. The third-order valence-electron chi connectivity index (χ3n) is 9.08. The summed E-state index contributed by atoms with van der Waals surface area (Å²) in [5.74, 6) is -1.18. The number of benzene rings is 1. The highest BCUT2D eigenvalue weighted by atomic mass is 16.7. The zero-order valence-corrected chi connectivity index (χ0v) is 29.5. The highest BCUT2D eigenvalue weighted by molar-refractivity contribution is 6.05. The molecular weight excluding hydrogens is 620 g/mol. The highest BCUT2D eigenvalue weighted by Gasteiger charge is 2.42. The second-order valence-corrected chi connectivity index (χ2v) is 13.6. The Morgan fingerprint density at radius 2 is 1.79 bits per heavy atom. The lowest BCUT2D eigenvalue weighted by Gasteiger charge is -2.42. The summed E-state index contributed by atoms with van der Waals surface area (Å²) in [5.41, 5.74) is 0.551. The van der Waals surface area contributed by atoms with Crippen LogP contribution in [0.4, 0.5) is 5.69 Å². The van der Waals surface area contributed by atoms with Crippen LogP contribution in [0.2, 0.25) is 0 Å². The maximum absolute atomic E-state index is 14.3. The highest BCUT2D eigenvalue weighted by Crippen LogP contribution is 2.40. The minimum atomic E-state index is -1.11. The van der Waals surface area contributed by atoms with Gasteiger partial charge in [-0.3, -0.25) is 28.9 Å². The number of anilines is 1. The molecule has 48 heavy (non-hydrogen) atoms. The second-order valence-electron chi connectivity index (χ2n) is 13.6. The van der Waals surface area contributed by atoms with Gasteiger partial charge in [0, 0.05) is 63.8 Å². The van der Waals surface area contributed by atoms with Crippen molar-refractivity contribution in [2.75, 3.05) is 50.8 Å². The average molecular weight is 673 g/mol. The molecule has 3 aliphatic rings. The summed E-state index contributed by atoms with van der Waals surface area (Å²) in [6, 6.07) is 3.20. The van der Waals surface area contributed by atoms with E-state index in [1.165, 1.54) is 6.92 Å². The summed E-state index contributed by atoms with van der Waals surface area (Å²) >= 11 is 0. The molecule has 13 nitrogen and oxygen atoms in total. The number of amides is 3. The molecule has 2 fully saturated rings. The maximum atomic E-state index is 14.3. The molecule has 3 aliphatic heterocycles. The molecule has 1 aromatic carbocycles. The monoisotopic (exact) mass is 672 g/mol. The molecule has 2 atom stereocenters. The molecule has 3 heterocycles. The lowest BCUT2D eigenvalue weighted by Crippen LogP contribution is -2.54. The van der Waals surface area contributed by atoms with Crippen molar-refractivity contribution >= 4 is 35.3 Å². The number of hydrogen-bond donors (Lipinski definition) is 1. The van der Waals surface area contributed by atoms with Crippen molar-refractivity contribution in [2.45, 2.75) is 105 Å². The number of piperidine rings is 1. The Balaban J connectivity index is 1.45. The number of nitrogens with zero attached hydrogens (tertiary/aromatic N) is 3. The normalized spacial score (nSPS) is 20.4. The van der Waals surface area contributed by atoms with Crippen LogP contribution in [0.25, 0.3) is 0 Å². The van der Waals surface area contributed by atoms with Gasteiger partial charge in [-0.2, -0.15) is 0 Å². The molecule has 1 unspecified atom stereocenters. The second kappa shape index (κ2) is 16.1. The standard InChI is InChI=1S/C35H52N4O9/c1-8-30(40)36-13-15-38-28-19-27(23(4)18-29(28)48-35(6,7)34(38)44)32(42)39(22(2)3)26-10-9-14-37(20-26)21-31(41)46-24(5)47-33(43)25-11-16-45-17-12-25/h18-19,22,24-26H,8-17,20-21H2,1-7H3,(H,36,40)/t24?,26-/m1/s1. The molecule has 13 heteroatoms. The van der Waals surface area contributed by atoms with Crippen molar-refractivity contribution in [3.05, 3.63) is 23.3 Å². The van der Waals surface area contributed by atoms with Crippen LogP contribution in [0.5, 0.6) is 5.75 Å². The fourth-order valence-corrected chi connectivity index (χ4v) is 6.59. The van der Waals surface area contributed by atoms with Gasteiger partial charge in [0.15, 0.2) is 5.60 Å². The predicted octanol–water partition coefficient (Wildman–Crippen LogP) is 3.20. The summed E-state index contributed by atoms with van der Waals surface area (Å²) in [6.07, 6.45) is 2.06. The number of hydrogen-bond acceptors (Lipinski definition) is 10. The number of carbonyl (C=O) groups excluding carboxylic acids is 5. The van der Waals surface area contributed by atoms with Gasteiger partial charge in [0.2, 0.25) is 12.2 Å². The first-order valence-electron chi connectivity index (χ1n) is 17.2. The number of ether oxygens (including phenoxy) is 4.